The molecule has 1 aliphatic carbocycles. The number of imidazole rings is 1. The number of nitrogens with zero attached hydrogens (tertiary/aromatic N) is 4. The van der Waals surface area contributed by atoms with Crippen LogP contribution in [0, 0.1) is 5.92 Å². The maximum atomic E-state index is 4.60. The van der Waals surface area contributed by atoms with Crippen molar-refractivity contribution >= 4 is 16.6 Å². The van der Waals surface area contributed by atoms with Crippen molar-refractivity contribution in [2.75, 3.05) is 19.4 Å². The van der Waals surface area contributed by atoms with Crippen LogP contribution in [0.4, 0.5) is 5.82 Å². The van der Waals surface area contributed by atoms with Gasteiger partial charge in [0.25, 0.3) is 0 Å². The molecule has 2 aromatic heterocycles. The largest absolute Gasteiger partial charge is 0.344 e. The van der Waals surface area contributed by atoms with Gasteiger partial charge >= 0.3 is 0 Å². The Balaban J connectivity index is 1.50. The molecule has 146 valence electrons. The molecule has 1 N–H and O–H groups in total. The second-order valence-corrected chi connectivity index (χ2v) is 8.14. The van der Waals surface area contributed by atoms with Crippen molar-refractivity contribution < 1.29 is 0 Å². The average molecular weight is 376 g/mol. The first-order chi connectivity index (χ1) is 13.5. The molecule has 0 saturated heterocycles. The molecule has 2 heterocycles. The van der Waals surface area contributed by atoms with E-state index in [1.807, 2.05) is 30.3 Å². The normalized spacial score (nSPS) is 19.9. The van der Waals surface area contributed by atoms with Gasteiger partial charge in [0.1, 0.15) is 5.82 Å². The Kier molecular flexibility index (Phi) is 5.18. The van der Waals surface area contributed by atoms with Crippen molar-refractivity contribution in [2.24, 2.45) is 13.0 Å². The smallest absolute Gasteiger partial charge is 0.130 e. The summed E-state index contributed by atoms with van der Waals surface area (Å²) >= 11 is 0. The SMILES string of the molecule is C=C(Nc1cc2cc(-c3cncn3C)ccc2cn1)C1CCC(N(C)C)CC1. The molecule has 4 rings (SSSR count). The summed E-state index contributed by atoms with van der Waals surface area (Å²) in [6, 6.07) is 9.26. The molecule has 28 heavy (non-hydrogen) atoms. The summed E-state index contributed by atoms with van der Waals surface area (Å²) < 4.78 is 2.04. The van der Waals surface area contributed by atoms with Crippen molar-refractivity contribution in [1.29, 1.82) is 0 Å². The molecule has 0 radical (unpaired) electrons. The molecule has 0 unspecified atom stereocenters. The lowest BCUT2D eigenvalue weighted by Gasteiger charge is -2.33. The summed E-state index contributed by atoms with van der Waals surface area (Å²) in [6.45, 7) is 4.32. The third-order valence-corrected chi connectivity index (χ3v) is 6.04. The third-order valence-electron chi connectivity index (χ3n) is 6.04. The summed E-state index contributed by atoms with van der Waals surface area (Å²) in [5, 5.41) is 5.78. The highest BCUT2D eigenvalue weighted by Gasteiger charge is 2.24. The lowest BCUT2D eigenvalue weighted by Crippen LogP contribution is -2.33. The number of anilines is 1. The van der Waals surface area contributed by atoms with Gasteiger partial charge in [0.15, 0.2) is 0 Å². The first-order valence-corrected chi connectivity index (χ1v) is 10.00. The number of hydrogen-bond acceptors (Lipinski definition) is 4. The molecule has 0 atom stereocenters. The molecular formula is C23H29N5. The van der Waals surface area contributed by atoms with Crippen LogP contribution in [0.5, 0.6) is 0 Å². The van der Waals surface area contributed by atoms with E-state index in [0.29, 0.717) is 12.0 Å². The fraction of sp³-hybridized carbons (Fsp3) is 0.391. The quantitative estimate of drug-likeness (QED) is 0.703. The molecule has 1 saturated carbocycles. The van der Waals surface area contributed by atoms with Crippen molar-refractivity contribution in [3.8, 4) is 11.3 Å². The molecule has 1 fully saturated rings. The maximum Gasteiger partial charge on any atom is 0.130 e. The number of allylic oxidation sites excluding steroid dienone is 1. The van der Waals surface area contributed by atoms with Crippen LogP contribution in [-0.4, -0.2) is 39.6 Å². The van der Waals surface area contributed by atoms with Gasteiger partial charge in [0.05, 0.1) is 18.2 Å². The highest BCUT2D eigenvalue weighted by atomic mass is 15.1. The van der Waals surface area contributed by atoms with Gasteiger partial charge in [-0.2, -0.15) is 0 Å². The number of benzene rings is 1. The summed E-state index contributed by atoms with van der Waals surface area (Å²) in [7, 11) is 6.37. The Morgan fingerprint density at radius 1 is 1.11 bits per heavy atom. The van der Waals surface area contributed by atoms with E-state index in [0.717, 1.165) is 28.2 Å². The van der Waals surface area contributed by atoms with E-state index < -0.39 is 0 Å². The maximum absolute atomic E-state index is 4.60. The second kappa shape index (κ2) is 7.76. The molecule has 5 heteroatoms. The molecule has 5 nitrogen and oxygen atoms in total. The molecule has 0 bridgehead atoms. The molecule has 1 aliphatic rings. The summed E-state index contributed by atoms with van der Waals surface area (Å²) in [6.07, 6.45) is 10.5. The van der Waals surface area contributed by atoms with E-state index in [2.05, 4.69) is 65.1 Å². The number of hydrogen-bond donors (Lipinski definition) is 1. The zero-order valence-electron chi connectivity index (χ0n) is 17.0. The summed E-state index contributed by atoms with van der Waals surface area (Å²) in [5.41, 5.74) is 3.35. The van der Waals surface area contributed by atoms with Crippen molar-refractivity contribution in [3.05, 3.63) is 55.3 Å². The molecule has 3 aromatic rings. The average Bonchev–Trinajstić information content (AvgIpc) is 3.13. The minimum absolute atomic E-state index is 0.523. The van der Waals surface area contributed by atoms with Crippen LogP contribution in [0.25, 0.3) is 22.0 Å². The highest BCUT2D eigenvalue weighted by Crippen LogP contribution is 2.32. The number of rotatable bonds is 5. The first kappa shape index (κ1) is 18.7. The molecule has 1 aromatic carbocycles. The van der Waals surface area contributed by atoms with Crippen LogP contribution >= 0.6 is 0 Å². The minimum Gasteiger partial charge on any atom is -0.344 e. The number of aromatic nitrogens is 3. The number of aryl methyl sites for hydroxylation is 1. The zero-order chi connectivity index (χ0) is 19.7. The van der Waals surface area contributed by atoms with E-state index in [4.69, 9.17) is 0 Å². The van der Waals surface area contributed by atoms with Crippen LogP contribution < -0.4 is 5.32 Å². The third kappa shape index (κ3) is 3.80. The molecular weight excluding hydrogens is 346 g/mol. The van der Waals surface area contributed by atoms with Gasteiger partial charge in [-0.3, -0.25) is 0 Å². The lowest BCUT2D eigenvalue weighted by atomic mass is 9.84. The first-order valence-electron chi connectivity index (χ1n) is 10.00. The molecule has 0 spiro atoms. The fourth-order valence-corrected chi connectivity index (χ4v) is 4.21. The Labute approximate surface area is 167 Å². The van der Waals surface area contributed by atoms with Gasteiger partial charge in [0.2, 0.25) is 0 Å². The van der Waals surface area contributed by atoms with Crippen LogP contribution in [0.2, 0.25) is 0 Å². The van der Waals surface area contributed by atoms with Crippen LogP contribution in [0.1, 0.15) is 25.7 Å². The molecule has 0 aliphatic heterocycles. The van der Waals surface area contributed by atoms with Crippen LogP contribution in [-0.2, 0) is 7.05 Å². The number of fused-ring (bicyclic) bond motifs is 1. The van der Waals surface area contributed by atoms with E-state index in [1.165, 1.54) is 31.1 Å². The zero-order valence-corrected chi connectivity index (χ0v) is 17.0. The lowest BCUT2D eigenvalue weighted by molar-refractivity contribution is 0.206. The standard InChI is InChI=1S/C23H29N5/c1-16(17-7-9-21(10-8-17)27(2)3)26-23-12-20-11-18(5-6-19(20)13-25-23)22-14-24-15-28(22)4/h5-6,11-15,17,21H,1,7-10H2,2-4H3,(H,25,26). The van der Waals surface area contributed by atoms with Gasteiger partial charge in [-0.05, 0) is 63.2 Å². The minimum atomic E-state index is 0.523. The van der Waals surface area contributed by atoms with Gasteiger partial charge in [-0.1, -0.05) is 18.7 Å². The Morgan fingerprint density at radius 3 is 2.57 bits per heavy atom. The Hall–Kier alpha value is -2.66. The fourth-order valence-electron chi connectivity index (χ4n) is 4.21. The van der Waals surface area contributed by atoms with Gasteiger partial charge in [-0.25, -0.2) is 9.97 Å². The number of pyridine rings is 1. The van der Waals surface area contributed by atoms with Gasteiger partial charge < -0.3 is 14.8 Å². The summed E-state index contributed by atoms with van der Waals surface area (Å²) in [5.74, 6) is 1.39. The van der Waals surface area contributed by atoms with Gasteiger partial charge in [-0.15, -0.1) is 0 Å². The summed E-state index contributed by atoms with van der Waals surface area (Å²) in [4.78, 5) is 11.2. The predicted molar refractivity (Wildman–Crippen MR) is 116 cm³/mol. The number of nitrogens with one attached hydrogen (secondary N) is 1. The van der Waals surface area contributed by atoms with Gasteiger partial charge in [0, 0.05) is 35.9 Å². The van der Waals surface area contributed by atoms with E-state index in [-0.39, 0.29) is 0 Å². The van der Waals surface area contributed by atoms with E-state index in [1.54, 1.807) is 0 Å². The van der Waals surface area contributed by atoms with E-state index in [9.17, 15) is 0 Å². The van der Waals surface area contributed by atoms with Crippen LogP contribution in [0.3, 0.4) is 0 Å². The van der Waals surface area contributed by atoms with Crippen LogP contribution in [0.15, 0.2) is 55.3 Å². The molecule has 0 amide bonds. The monoisotopic (exact) mass is 375 g/mol. The van der Waals surface area contributed by atoms with Crippen molar-refractivity contribution in [2.45, 2.75) is 31.7 Å². The topological polar surface area (TPSA) is 46.0 Å². The predicted octanol–water partition coefficient (Wildman–Crippen LogP) is 4.68. The second-order valence-electron chi connectivity index (χ2n) is 8.14. The van der Waals surface area contributed by atoms with Crippen molar-refractivity contribution in [3.63, 3.8) is 0 Å². The Morgan fingerprint density at radius 2 is 1.89 bits per heavy atom. The van der Waals surface area contributed by atoms with E-state index >= 15 is 0 Å². The van der Waals surface area contributed by atoms with Crippen molar-refractivity contribution in [1.82, 2.24) is 19.4 Å². The Bertz CT molecular complexity index is 980. The highest BCUT2D eigenvalue weighted by molar-refractivity contribution is 5.88.